The van der Waals surface area contributed by atoms with Gasteiger partial charge in [-0.2, -0.15) is 0 Å². The summed E-state index contributed by atoms with van der Waals surface area (Å²) in [6.45, 7) is 2.04. The standard InChI is InChI=1S/C27H21N3O/c1-18-12-14-28-25(15-18)30-27(22-9-8-19-5-2-3-6-21(19)16-22)23-11-10-20-7-4-13-29-26(20)24(23)17-31/h2-17,27H,1H3,(H,28,30). The maximum Gasteiger partial charge on any atom is 0.152 e. The number of pyridine rings is 2. The molecule has 5 aromatic rings. The number of hydrogen-bond acceptors (Lipinski definition) is 4. The highest BCUT2D eigenvalue weighted by atomic mass is 16.1. The Labute approximate surface area is 180 Å². The van der Waals surface area contributed by atoms with Gasteiger partial charge in [-0.3, -0.25) is 9.78 Å². The first-order valence-corrected chi connectivity index (χ1v) is 10.2. The van der Waals surface area contributed by atoms with Crippen LogP contribution >= 0.6 is 0 Å². The number of aromatic nitrogens is 2. The molecule has 5 rings (SSSR count). The zero-order valence-corrected chi connectivity index (χ0v) is 17.1. The summed E-state index contributed by atoms with van der Waals surface area (Å²) >= 11 is 0. The molecule has 0 bridgehead atoms. The lowest BCUT2D eigenvalue weighted by atomic mass is 9.91. The molecule has 0 radical (unpaired) electrons. The molecular weight excluding hydrogens is 382 g/mol. The fourth-order valence-corrected chi connectivity index (χ4v) is 4.05. The van der Waals surface area contributed by atoms with Crippen LogP contribution in [0.15, 0.2) is 91.3 Å². The normalized spacial score (nSPS) is 12.0. The van der Waals surface area contributed by atoms with Crippen LogP contribution in [0.1, 0.15) is 33.1 Å². The molecule has 0 amide bonds. The van der Waals surface area contributed by atoms with Crippen molar-refractivity contribution in [3.05, 3.63) is 114 Å². The second-order valence-electron chi connectivity index (χ2n) is 7.66. The van der Waals surface area contributed by atoms with E-state index < -0.39 is 0 Å². The van der Waals surface area contributed by atoms with Crippen LogP contribution in [0.4, 0.5) is 5.82 Å². The number of nitrogens with zero attached hydrogens (tertiary/aromatic N) is 2. The first kappa shape index (κ1) is 18.9. The predicted molar refractivity (Wildman–Crippen MR) is 126 cm³/mol. The number of hydrogen-bond donors (Lipinski definition) is 1. The topological polar surface area (TPSA) is 54.9 Å². The summed E-state index contributed by atoms with van der Waals surface area (Å²) in [6, 6.07) is 26.2. The van der Waals surface area contributed by atoms with Crippen LogP contribution < -0.4 is 5.32 Å². The Morgan fingerprint density at radius 1 is 0.806 bits per heavy atom. The van der Waals surface area contributed by atoms with Gasteiger partial charge >= 0.3 is 0 Å². The van der Waals surface area contributed by atoms with Crippen LogP contribution in [0.5, 0.6) is 0 Å². The minimum atomic E-state index is -0.259. The largest absolute Gasteiger partial charge is 0.359 e. The molecule has 31 heavy (non-hydrogen) atoms. The van der Waals surface area contributed by atoms with Gasteiger partial charge in [0.2, 0.25) is 0 Å². The molecule has 0 aliphatic carbocycles. The van der Waals surface area contributed by atoms with Crippen LogP contribution in [0, 0.1) is 6.92 Å². The average molecular weight is 403 g/mol. The summed E-state index contributed by atoms with van der Waals surface area (Å²) in [4.78, 5) is 21.2. The number of carbonyl (C=O) groups is 1. The first-order chi connectivity index (χ1) is 15.2. The Morgan fingerprint density at radius 3 is 2.45 bits per heavy atom. The van der Waals surface area contributed by atoms with Crippen molar-refractivity contribution in [3.63, 3.8) is 0 Å². The quantitative estimate of drug-likeness (QED) is 0.360. The summed E-state index contributed by atoms with van der Waals surface area (Å²) < 4.78 is 0. The number of benzene rings is 3. The molecule has 150 valence electrons. The van der Waals surface area contributed by atoms with Gasteiger partial charge < -0.3 is 5.32 Å². The zero-order chi connectivity index (χ0) is 21.2. The Kier molecular flexibility index (Phi) is 4.89. The van der Waals surface area contributed by atoms with E-state index in [1.165, 1.54) is 5.39 Å². The van der Waals surface area contributed by atoms with Gasteiger partial charge in [0.1, 0.15) is 5.82 Å². The van der Waals surface area contributed by atoms with Crippen LogP contribution in [0.25, 0.3) is 21.7 Å². The molecule has 4 nitrogen and oxygen atoms in total. The predicted octanol–water partition coefficient (Wildman–Crippen LogP) is 6.11. The van der Waals surface area contributed by atoms with Crippen molar-refractivity contribution in [3.8, 4) is 0 Å². The van der Waals surface area contributed by atoms with Crippen molar-refractivity contribution < 1.29 is 4.79 Å². The van der Waals surface area contributed by atoms with E-state index in [1.54, 1.807) is 12.4 Å². The summed E-state index contributed by atoms with van der Waals surface area (Å²) in [7, 11) is 0. The highest BCUT2D eigenvalue weighted by Crippen LogP contribution is 2.33. The summed E-state index contributed by atoms with van der Waals surface area (Å²) in [5.41, 5.74) is 4.35. The molecule has 1 N–H and O–H groups in total. The highest BCUT2D eigenvalue weighted by molar-refractivity contribution is 5.97. The highest BCUT2D eigenvalue weighted by Gasteiger charge is 2.21. The summed E-state index contributed by atoms with van der Waals surface area (Å²) in [6.07, 6.45) is 4.42. The maximum atomic E-state index is 12.2. The number of aryl methyl sites for hydroxylation is 1. The van der Waals surface area contributed by atoms with Crippen molar-refractivity contribution in [2.45, 2.75) is 13.0 Å². The molecule has 1 unspecified atom stereocenters. The third-order valence-corrected chi connectivity index (χ3v) is 5.59. The average Bonchev–Trinajstić information content (AvgIpc) is 2.81. The van der Waals surface area contributed by atoms with E-state index in [9.17, 15) is 4.79 Å². The number of nitrogens with one attached hydrogen (secondary N) is 1. The summed E-state index contributed by atoms with van der Waals surface area (Å²) in [5.74, 6) is 0.760. The van der Waals surface area contributed by atoms with E-state index >= 15 is 0 Å². The lowest BCUT2D eigenvalue weighted by molar-refractivity contribution is 0.112. The van der Waals surface area contributed by atoms with Gasteiger partial charge in [-0.15, -0.1) is 0 Å². The molecule has 0 saturated heterocycles. The van der Waals surface area contributed by atoms with Gasteiger partial charge in [0, 0.05) is 23.3 Å². The van der Waals surface area contributed by atoms with E-state index in [2.05, 4.69) is 45.6 Å². The number of fused-ring (bicyclic) bond motifs is 2. The number of aldehydes is 1. The molecule has 0 aliphatic rings. The van der Waals surface area contributed by atoms with E-state index in [4.69, 9.17) is 0 Å². The molecule has 1 atom stereocenters. The van der Waals surface area contributed by atoms with Crippen molar-refractivity contribution >= 4 is 33.8 Å². The third kappa shape index (κ3) is 3.64. The summed E-state index contributed by atoms with van der Waals surface area (Å²) in [5, 5.41) is 6.83. The van der Waals surface area contributed by atoms with Gasteiger partial charge in [0.25, 0.3) is 0 Å². The molecule has 0 saturated carbocycles. The number of carbonyl (C=O) groups excluding carboxylic acids is 1. The minimum absolute atomic E-state index is 0.259. The van der Waals surface area contributed by atoms with Crippen molar-refractivity contribution in [2.24, 2.45) is 0 Å². The van der Waals surface area contributed by atoms with Crippen LogP contribution in [-0.4, -0.2) is 16.3 Å². The van der Waals surface area contributed by atoms with E-state index in [-0.39, 0.29) is 6.04 Å². The van der Waals surface area contributed by atoms with Crippen LogP contribution in [-0.2, 0) is 0 Å². The Bertz CT molecular complexity index is 1410. The molecule has 2 aromatic heterocycles. The first-order valence-electron chi connectivity index (χ1n) is 10.2. The van der Waals surface area contributed by atoms with E-state index in [0.717, 1.165) is 39.6 Å². The second kappa shape index (κ2) is 8.00. The molecule has 2 heterocycles. The monoisotopic (exact) mass is 403 g/mol. The van der Waals surface area contributed by atoms with Gasteiger partial charge in [0.05, 0.1) is 11.6 Å². The van der Waals surface area contributed by atoms with Gasteiger partial charge in [0.15, 0.2) is 6.29 Å². The lowest BCUT2D eigenvalue weighted by Crippen LogP contribution is -2.15. The fourth-order valence-electron chi connectivity index (χ4n) is 4.05. The SMILES string of the molecule is Cc1ccnc(NC(c2ccc3ccccc3c2)c2ccc3cccnc3c2C=O)c1. The van der Waals surface area contributed by atoms with Crippen LogP contribution in [0.3, 0.4) is 0 Å². The lowest BCUT2D eigenvalue weighted by Gasteiger charge is -2.23. The fraction of sp³-hybridized carbons (Fsp3) is 0.0741. The number of rotatable bonds is 5. The smallest absolute Gasteiger partial charge is 0.152 e. The van der Waals surface area contributed by atoms with Gasteiger partial charge in [-0.1, -0.05) is 54.6 Å². The van der Waals surface area contributed by atoms with E-state index in [1.807, 2.05) is 55.5 Å². The maximum absolute atomic E-state index is 12.2. The molecular formula is C27H21N3O. The molecule has 3 aromatic carbocycles. The molecule has 4 heteroatoms. The van der Waals surface area contributed by atoms with Crippen LogP contribution in [0.2, 0.25) is 0 Å². The van der Waals surface area contributed by atoms with Crippen molar-refractivity contribution in [1.82, 2.24) is 9.97 Å². The third-order valence-electron chi connectivity index (χ3n) is 5.59. The minimum Gasteiger partial charge on any atom is -0.359 e. The zero-order valence-electron chi connectivity index (χ0n) is 17.1. The Balaban J connectivity index is 1.71. The second-order valence-corrected chi connectivity index (χ2v) is 7.66. The van der Waals surface area contributed by atoms with Crippen molar-refractivity contribution in [1.29, 1.82) is 0 Å². The molecule has 0 aliphatic heterocycles. The molecule has 0 fully saturated rings. The Morgan fingerprint density at radius 2 is 1.61 bits per heavy atom. The van der Waals surface area contributed by atoms with Gasteiger partial charge in [-0.25, -0.2) is 4.98 Å². The number of anilines is 1. The van der Waals surface area contributed by atoms with E-state index in [0.29, 0.717) is 11.1 Å². The molecule has 0 spiro atoms. The Hall–Kier alpha value is -4.05. The van der Waals surface area contributed by atoms with Gasteiger partial charge in [-0.05, 0) is 58.7 Å². The van der Waals surface area contributed by atoms with Crippen molar-refractivity contribution in [2.75, 3.05) is 5.32 Å².